The number of hydrogen-bond donors (Lipinski definition) is 0. The molecular weight excluding hydrogens is 440 g/mol. The van der Waals surface area contributed by atoms with Crippen LogP contribution in [0.15, 0.2) is 48.5 Å². The number of fused-ring (bicyclic) bond motifs is 2. The first kappa shape index (κ1) is 25.5. The van der Waals surface area contributed by atoms with Crippen molar-refractivity contribution in [3.63, 3.8) is 0 Å². The lowest BCUT2D eigenvalue weighted by molar-refractivity contribution is -0.0155. The van der Waals surface area contributed by atoms with Crippen molar-refractivity contribution in [2.24, 2.45) is 0 Å². The Morgan fingerprint density at radius 3 is 2.63 bits per heavy atom. The molecule has 1 saturated heterocycles. The van der Waals surface area contributed by atoms with Crippen LogP contribution in [0.4, 0.5) is 0 Å². The molecule has 0 aliphatic carbocycles. The Kier molecular flexibility index (Phi) is 9.43. The first-order chi connectivity index (χ1) is 17.2. The highest BCUT2D eigenvalue weighted by molar-refractivity contribution is 5.97. The van der Waals surface area contributed by atoms with Crippen LogP contribution in [0.1, 0.15) is 54.4 Å². The minimum Gasteiger partial charge on any atom is -0.497 e. The Balaban J connectivity index is 1.50. The van der Waals surface area contributed by atoms with Gasteiger partial charge in [-0.25, -0.2) is 0 Å². The van der Waals surface area contributed by atoms with E-state index < -0.39 is 0 Å². The molecule has 6 heteroatoms. The van der Waals surface area contributed by atoms with E-state index in [4.69, 9.17) is 14.2 Å². The molecule has 2 heterocycles. The van der Waals surface area contributed by atoms with Crippen molar-refractivity contribution >= 4 is 5.91 Å². The van der Waals surface area contributed by atoms with Crippen molar-refractivity contribution in [2.45, 2.75) is 57.1 Å². The van der Waals surface area contributed by atoms with Crippen molar-refractivity contribution < 1.29 is 19.0 Å². The predicted molar refractivity (Wildman–Crippen MR) is 138 cm³/mol. The standard InChI is InChI=1S/C29H40N2O4/c1-33-24-15-16-25-28(22-24)35-21-20-30(18-8-12-23-10-4-3-5-11-23)17-7-6-13-26-27(34-2)14-9-19-31(26)29(25)32/h3-5,10-11,15-16,22,26-27H,6-9,12-14,17-21H2,1-2H3/t26-,27-/m1/s1. The summed E-state index contributed by atoms with van der Waals surface area (Å²) in [5.74, 6) is 1.34. The maximum absolute atomic E-state index is 13.7. The van der Waals surface area contributed by atoms with Crippen LogP contribution in [0.5, 0.6) is 11.5 Å². The summed E-state index contributed by atoms with van der Waals surface area (Å²) in [6.07, 6.45) is 7.41. The third kappa shape index (κ3) is 6.77. The van der Waals surface area contributed by atoms with Crippen LogP contribution in [0, 0.1) is 0 Å². The fourth-order valence-corrected chi connectivity index (χ4v) is 5.43. The minimum atomic E-state index is 0.0355. The molecule has 6 nitrogen and oxygen atoms in total. The lowest BCUT2D eigenvalue weighted by Gasteiger charge is -2.41. The molecule has 1 fully saturated rings. The second-order valence-electron chi connectivity index (χ2n) is 9.62. The zero-order valence-electron chi connectivity index (χ0n) is 21.3. The van der Waals surface area contributed by atoms with Gasteiger partial charge in [-0.1, -0.05) is 36.8 Å². The van der Waals surface area contributed by atoms with E-state index in [9.17, 15) is 4.79 Å². The van der Waals surface area contributed by atoms with Gasteiger partial charge in [0.05, 0.1) is 24.8 Å². The molecule has 0 saturated carbocycles. The highest BCUT2D eigenvalue weighted by atomic mass is 16.5. The molecular formula is C29H40N2O4. The van der Waals surface area contributed by atoms with Crippen LogP contribution in [-0.4, -0.2) is 74.9 Å². The number of piperidine rings is 1. The zero-order chi connectivity index (χ0) is 24.5. The molecule has 35 heavy (non-hydrogen) atoms. The summed E-state index contributed by atoms with van der Waals surface area (Å²) in [7, 11) is 3.41. The molecule has 0 bridgehead atoms. The highest BCUT2D eigenvalue weighted by Crippen LogP contribution is 2.31. The van der Waals surface area contributed by atoms with Gasteiger partial charge in [0, 0.05) is 26.3 Å². The summed E-state index contributed by atoms with van der Waals surface area (Å²) >= 11 is 0. The number of nitrogens with zero attached hydrogens (tertiary/aromatic N) is 2. The quantitative estimate of drug-likeness (QED) is 0.594. The van der Waals surface area contributed by atoms with E-state index in [0.717, 1.165) is 71.1 Å². The number of rotatable bonds is 6. The number of hydrogen-bond acceptors (Lipinski definition) is 5. The second kappa shape index (κ2) is 12.9. The van der Waals surface area contributed by atoms with E-state index in [0.29, 0.717) is 23.7 Å². The largest absolute Gasteiger partial charge is 0.497 e. The Morgan fingerprint density at radius 1 is 0.971 bits per heavy atom. The summed E-state index contributed by atoms with van der Waals surface area (Å²) in [6.45, 7) is 4.23. The minimum absolute atomic E-state index is 0.0355. The lowest BCUT2D eigenvalue weighted by atomic mass is 9.93. The van der Waals surface area contributed by atoms with Crippen LogP contribution in [0.3, 0.4) is 0 Å². The molecule has 190 valence electrons. The lowest BCUT2D eigenvalue weighted by Crippen LogP contribution is -2.51. The summed E-state index contributed by atoms with van der Waals surface area (Å²) in [5, 5.41) is 0. The van der Waals surface area contributed by atoms with E-state index in [1.807, 2.05) is 23.1 Å². The van der Waals surface area contributed by atoms with E-state index >= 15 is 0 Å². The van der Waals surface area contributed by atoms with Gasteiger partial charge in [-0.3, -0.25) is 9.69 Å². The van der Waals surface area contributed by atoms with Crippen LogP contribution >= 0.6 is 0 Å². The Bertz CT molecular complexity index is 936. The molecule has 2 atom stereocenters. The van der Waals surface area contributed by atoms with Gasteiger partial charge in [0.25, 0.3) is 5.91 Å². The molecule has 0 aromatic heterocycles. The van der Waals surface area contributed by atoms with Crippen molar-refractivity contribution in [1.29, 1.82) is 0 Å². The van der Waals surface area contributed by atoms with E-state index in [1.165, 1.54) is 5.56 Å². The average molecular weight is 481 g/mol. The number of amides is 1. The van der Waals surface area contributed by atoms with Gasteiger partial charge < -0.3 is 19.1 Å². The molecule has 2 aliphatic heterocycles. The number of carbonyl (C=O) groups excluding carboxylic acids is 1. The van der Waals surface area contributed by atoms with E-state index in [-0.39, 0.29) is 18.1 Å². The van der Waals surface area contributed by atoms with Crippen molar-refractivity contribution in [3.05, 3.63) is 59.7 Å². The van der Waals surface area contributed by atoms with E-state index in [1.54, 1.807) is 14.2 Å². The zero-order valence-corrected chi connectivity index (χ0v) is 21.3. The summed E-state index contributed by atoms with van der Waals surface area (Å²) in [4.78, 5) is 18.3. The highest BCUT2D eigenvalue weighted by Gasteiger charge is 2.35. The molecule has 0 unspecified atom stereocenters. The molecule has 2 aromatic carbocycles. The maximum Gasteiger partial charge on any atom is 0.257 e. The Morgan fingerprint density at radius 2 is 1.83 bits per heavy atom. The van der Waals surface area contributed by atoms with Gasteiger partial charge in [-0.05, 0) is 69.3 Å². The van der Waals surface area contributed by atoms with Crippen LogP contribution in [-0.2, 0) is 11.2 Å². The third-order valence-corrected chi connectivity index (χ3v) is 7.37. The molecule has 0 spiro atoms. The summed E-state index contributed by atoms with van der Waals surface area (Å²) < 4.78 is 17.5. The van der Waals surface area contributed by atoms with Gasteiger partial charge in [-0.15, -0.1) is 0 Å². The molecule has 0 N–H and O–H groups in total. The van der Waals surface area contributed by atoms with Crippen LogP contribution < -0.4 is 9.47 Å². The second-order valence-corrected chi connectivity index (χ2v) is 9.62. The Hall–Kier alpha value is -2.57. The average Bonchev–Trinajstić information content (AvgIpc) is 2.91. The number of carbonyl (C=O) groups is 1. The summed E-state index contributed by atoms with van der Waals surface area (Å²) in [6, 6.07) is 16.3. The number of ether oxygens (including phenoxy) is 3. The third-order valence-electron chi connectivity index (χ3n) is 7.37. The first-order valence-corrected chi connectivity index (χ1v) is 13.1. The normalized spacial score (nSPS) is 22.1. The van der Waals surface area contributed by atoms with Crippen molar-refractivity contribution in [3.8, 4) is 11.5 Å². The number of benzene rings is 2. The van der Waals surface area contributed by atoms with E-state index in [2.05, 4.69) is 35.2 Å². The monoisotopic (exact) mass is 480 g/mol. The molecule has 2 aromatic rings. The predicted octanol–water partition coefficient (Wildman–Crippen LogP) is 4.81. The number of methoxy groups -OCH3 is 2. The van der Waals surface area contributed by atoms with Crippen LogP contribution in [0.25, 0.3) is 0 Å². The van der Waals surface area contributed by atoms with Crippen molar-refractivity contribution in [2.75, 3.05) is 47.0 Å². The molecule has 0 radical (unpaired) electrons. The van der Waals surface area contributed by atoms with Gasteiger partial charge in [0.15, 0.2) is 0 Å². The van der Waals surface area contributed by atoms with Gasteiger partial charge in [0.2, 0.25) is 0 Å². The summed E-state index contributed by atoms with van der Waals surface area (Å²) in [5.41, 5.74) is 2.00. The number of aryl methyl sites for hydroxylation is 1. The first-order valence-electron chi connectivity index (χ1n) is 13.1. The smallest absolute Gasteiger partial charge is 0.257 e. The maximum atomic E-state index is 13.7. The fraction of sp³-hybridized carbons (Fsp3) is 0.552. The molecule has 4 rings (SSSR count). The van der Waals surface area contributed by atoms with Crippen LogP contribution in [0.2, 0.25) is 0 Å². The van der Waals surface area contributed by atoms with Gasteiger partial charge >= 0.3 is 0 Å². The molecule has 1 amide bonds. The van der Waals surface area contributed by atoms with Crippen molar-refractivity contribution in [1.82, 2.24) is 9.80 Å². The Labute approximate surface area is 210 Å². The SMILES string of the molecule is COc1ccc2c(c1)OCCN(CCCc1ccccc1)CCCC[C@@H]1[C@H](OC)CCCN1C2=O. The fourth-order valence-electron chi connectivity index (χ4n) is 5.43. The topological polar surface area (TPSA) is 51.2 Å². The van der Waals surface area contributed by atoms with Gasteiger partial charge in [-0.2, -0.15) is 0 Å². The van der Waals surface area contributed by atoms with Gasteiger partial charge in [0.1, 0.15) is 18.1 Å². The molecule has 2 aliphatic rings.